The normalized spacial score (nSPS) is 13.9. The Morgan fingerprint density at radius 3 is 2.55 bits per heavy atom. The molecule has 0 spiro atoms. The monoisotopic (exact) mass is 280 g/mol. The fourth-order valence-corrected chi connectivity index (χ4v) is 2.09. The average molecular weight is 280 g/mol. The molecule has 1 unspecified atom stereocenters. The van der Waals surface area contributed by atoms with Gasteiger partial charge in [0.25, 0.3) is 0 Å². The fraction of sp³-hybridized carbons (Fsp3) is 0.533. The number of hydrogen-bond donors (Lipinski definition) is 2. The van der Waals surface area contributed by atoms with Gasteiger partial charge in [0.1, 0.15) is 5.54 Å². The van der Waals surface area contributed by atoms with Crippen LogP contribution in [0.1, 0.15) is 18.9 Å². The lowest BCUT2D eigenvalue weighted by Gasteiger charge is -2.31. The Bertz CT molecular complexity index is 397. The summed E-state index contributed by atoms with van der Waals surface area (Å²) in [5, 5.41) is 3.17. The number of benzene rings is 1. The van der Waals surface area contributed by atoms with Crippen LogP contribution in [0.2, 0.25) is 0 Å². The Labute approximate surface area is 120 Å². The summed E-state index contributed by atoms with van der Waals surface area (Å²) < 4.78 is 10.6. The molecule has 0 aliphatic rings. The maximum Gasteiger partial charge on any atom is 0.244 e. The second kappa shape index (κ2) is 8.68. The molecular formula is C15H24N2O3. The second-order valence-electron chi connectivity index (χ2n) is 4.56. The Balaban J connectivity index is 2.81. The van der Waals surface area contributed by atoms with E-state index in [0.717, 1.165) is 12.0 Å². The van der Waals surface area contributed by atoms with Crippen LogP contribution in [-0.2, 0) is 19.8 Å². The van der Waals surface area contributed by atoms with Gasteiger partial charge in [-0.2, -0.15) is 0 Å². The van der Waals surface area contributed by atoms with Gasteiger partial charge < -0.3 is 15.2 Å². The van der Waals surface area contributed by atoms with Crippen LogP contribution in [0.3, 0.4) is 0 Å². The minimum Gasteiger partial charge on any atom is -0.385 e. The summed E-state index contributed by atoms with van der Waals surface area (Å²) in [6.07, 6.45) is 0.784. The van der Waals surface area contributed by atoms with E-state index in [1.165, 1.54) is 0 Å². The number of carbonyl (C=O) groups is 1. The third-order valence-corrected chi connectivity index (χ3v) is 3.12. The molecule has 0 heterocycles. The van der Waals surface area contributed by atoms with Gasteiger partial charge in [-0.1, -0.05) is 37.3 Å². The molecule has 1 aromatic rings. The van der Waals surface area contributed by atoms with Crippen molar-refractivity contribution in [2.24, 2.45) is 5.73 Å². The summed E-state index contributed by atoms with van der Waals surface area (Å²) in [6, 6.07) is 9.43. The topological polar surface area (TPSA) is 73.6 Å². The molecule has 0 saturated heterocycles. The summed E-state index contributed by atoms with van der Waals surface area (Å²) in [5.41, 5.74) is 5.46. The van der Waals surface area contributed by atoms with Crippen LogP contribution in [-0.4, -0.2) is 39.4 Å². The lowest BCUT2D eigenvalue weighted by molar-refractivity contribution is -0.127. The zero-order valence-corrected chi connectivity index (χ0v) is 12.2. The highest BCUT2D eigenvalue weighted by molar-refractivity contribution is 5.86. The molecule has 3 N–H and O–H groups in total. The number of nitrogens with two attached hydrogens (primary N) is 1. The van der Waals surface area contributed by atoms with E-state index in [2.05, 4.69) is 5.32 Å². The summed E-state index contributed by atoms with van der Waals surface area (Å²) in [7, 11) is 1.65. The van der Waals surface area contributed by atoms with E-state index in [-0.39, 0.29) is 6.61 Å². The zero-order valence-electron chi connectivity index (χ0n) is 12.2. The van der Waals surface area contributed by atoms with Crippen molar-refractivity contribution < 1.29 is 14.3 Å². The van der Waals surface area contributed by atoms with Crippen LogP contribution in [0.15, 0.2) is 30.3 Å². The van der Waals surface area contributed by atoms with Crippen molar-refractivity contribution in [1.82, 2.24) is 5.32 Å². The molecular weight excluding hydrogens is 256 g/mol. The van der Waals surface area contributed by atoms with Crippen LogP contribution in [0.5, 0.6) is 0 Å². The molecule has 1 atom stereocenters. The highest BCUT2D eigenvalue weighted by Crippen LogP contribution is 2.21. The zero-order chi connectivity index (χ0) is 14.8. The van der Waals surface area contributed by atoms with E-state index in [0.29, 0.717) is 19.8 Å². The molecule has 0 saturated carbocycles. The van der Waals surface area contributed by atoms with E-state index in [1.54, 1.807) is 7.11 Å². The highest BCUT2D eigenvalue weighted by Gasteiger charge is 2.38. The van der Waals surface area contributed by atoms with E-state index in [4.69, 9.17) is 15.2 Å². The predicted molar refractivity (Wildman–Crippen MR) is 78.3 cm³/mol. The van der Waals surface area contributed by atoms with Crippen LogP contribution >= 0.6 is 0 Å². The van der Waals surface area contributed by atoms with Gasteiger partial charge in [0, 0.05) is 20.3 Å². The first-order valence-corrected chi connectivity index (χ1v) is 6.84. The third-order valence-electron chi connectivity index (χ3n) is 3.12. The van der Waals surface area contributed by atoms with Crippen molar-refractivity contribution in [2.45, 2.75) is 18.9 Å². The summed E-state index contributed by atoms with van der Waals surface area (Å²) in [6.45, 7) is 3.94. The first-order valence-electron chi connectivity index (χ1n) is 6.84. The smallest absolute Gasteiger partial charge is 0.244 e. The van der Waals surface area contributed by atoms with Crippen LogP contribution < -0.4 is 11.1 Å². The van der Waals surface area contributed by atoms with Gasteiger partial charge in [-0.15, -0.1) is 0 Å². The van der Waals surface area contributed by atoms with Crippen molar-refractivity contribution in [3.63, 3.8) is 0 Å². The number of carbonyl (C=O) groups excluding carboxylic acids is 1. The highest BCUT2D eigenvalue weighted by atomic mass is 16.5. The van der Waals surface area contributed by atoms with Crippen LogP contribution in [0.25, 0.3) is 0 Å². The van der Waals surface area contributed by atoms with E-state index in [9.17, 15) is 4.79 Å². The van der Waals surface area contributed by atoms with Gasteiger partial charge in [0.05, 0.1) is 6.61 Å². The van der Waals surface area contributed by atoms with E-state index in [1.807, 2.05) is 37.3 Å². The molecule has 0 radical (unpaired) electrons. The number of rotatable bonds is 10. The molecule has 112 valence electrons. The van der Waals surface area contributed by atoms with Crippen molar-refractivity contribution in [1.29, 1.82) is 0 Å². The molecule has 0 fully saturated rings. The molecule has 1 rings (SSSR count). The van der Waals surface area contributed by atoms with Gasteiger partial charge in [-0.3, -0.25) is 10.1 Å². The Morgan fingerprint density at radius 2 is 2.00 bits per heavy atom. The first kappa shape index (κ1) is 16.6. The molecule has 5 nitrogen and oxygen atoms in total. The van der Waals surface area contributed by atoms with Gasteiger partial charge in [-0.25, -0.2) is 0 Å². The fourth-order valence-electron chi connectivity index (χ4n) is 2.09. The standard InChI is InChI=1S/C15H24N2O3/c1-3-17-15(14(16)18,12-20-11-7-10-19-2)13-8-5-4-6-9-13/h4-6,8-9,17H,3,7,10-12H2,1-2H3,(H2,16,18). The number of ether oxygens (including phenoxy) is 2. The van der Waals surface area contributed by atoms with Gasteiger partial charge in [0.2, 0.25) is 5.91 Å². The van der Waals surface area contributed by atoms with Crippen LogP contribution in [0.4, 0.5) is 0 Å². The van der Waals surface area contributed by atoms with E-state index >= 15 is 0 Å². The van der Waals surface area contributed by atoms with Crippen molar-refractivity contribution in [2.75, 3.05) is 33.5 Å². The van der Waals surface area contributed by atoms with Crippen LogP contribution in [0, 0.1) is 0 Å². The SMILES string of the molecule is CCNC(COCCCOC)(C(N)=O)c1ccccc1. The van der Waals surface area contributed by atoms with Crippen molar-refractivity contribution in [3.05, 3.63) is 35.9 Å². The Hall–Kier alpha value is -1.43. The summed E-state index contributed by atoms with van der Waals surface area (Å²) >= 11 is 0. The minimum atomic E-state index is -0.983. The largest absolute Gasteiger partial charge is 0.385 e. The molecule has 0 aliphatic carbocycles. The lowest BCUT2D eigenvalue weighted by Crippen LogP contribution is -2.55. The average Bonchev–Trinajstić information content (AvgIpc) is 2.46. The molecule has 0 aromatic heterocycles. The van der Waals surface area contributed by atoms with Crippen molar-refractivity contribution in [3.8, 4) is 0 Å². The van der Waals surface area contributed by atoms with E-state index < -0.39 is 11.4 Å². The van der Waals surface area contributed by atoms with Gasteiger partial charge in [-0.05, 0) is 18.5 Å². The van der Waals surface area contributed by atoms with Gasteiger partial charge in [0.15, 0.2) is 0 Å². The lowest BCUT2D eigenvalue weighted by atomic mass is 9.89. The first-order chi connectivity index (χ1) is 9.67. The quantitative estimate of drug-likeness (QED) is 0.628. The van der Waals surface area contributed by atoms with Crippen molar-refractivity contribution >= 4 is 5.91 Å². The molecule has 20 heavy (non-hydrogen) atoms. The Morgan fingerprint density at radius 1 is 1.30 bits per heavy atom. The maximum atomic E-state index is 12.0. The molecule has 0 aliphatic heterocycles. The number of amides is 1. The molecule has 1 amide bonds. The number of likely N-dealkylation sites (N-methyl/N-ethyl adjacent to an activating group) is 1. The minimum absolute atomic E-state index is 0.212. The second-order valence-corrected chi connectivity index (χ2v) is 4.56. The number of hydrogen-bond acceptors (Lipinski definition) is 4. The predicted octanol–water partition coefficient (Wildman–Crippen LogP) is 1.03. The number of primary amides is 1. The summed E-state index contributed by atoms with van der Waals surface area (Å²) in [4.78, 5) is 12.0. The molecule has 1 aromatic carbocycles. The third kappa shape index (κ3) is 4.30. The Kier molecular flexibility index (Phi) is 7.22. The summed E-state index contributed by atoms with van der Waals surface area (Å²) in [5.74, 6) is -0.433. The number of methoxy groups -OCH3 is 1. The number of nitrogens with one attached hydrogen (secondary N) is 1. The molecule has 0 bridgehead atoms. The molecule has 5 heteroatoms. The maximum absolute atomic E-state index is 12.0. The van der Waals surface area contributed by atoms with Gasteiger partial charge >= 0.3 is 0 Å².